The maximum Gasteiger partial charge on any atom is 0.260 e. The van der Waals surface area contributed by atoms with Crippen LogP contribution in [0.1, 0.15) is 5.82 Å². The summed E-state index contributed by atoms with van der Waals surface area (Å²) < 4.78 is 27.1. The number of rotatable bonds is 3. The van der Waals surface area contributed by atoms with E-state index < -0.39 is 9.84 Å². The number of hydrogen-bond donors (Lipinski definition) is 1. The zero-order chi connectivity index (χ0) is 12.5. The van der Waals surface area contributed by atoms with E-state index in [9.17, 15) is 8.42 Å². The molecule has 6 nitrogen and oxygen atoms in total. The third kappa shape index (κ3) is 2.82. The van der Waals surface area contributed by atoms with Crippen molar-refractivity contribution in [1.29, 1.82) is 0 Å². The number of para-hydroxylation sites is 1. The van der Waals surface area contributed by atoms with Crippen molar-refractivity contribution >= 4 is 15.5 Å². The first kappa shape index (κ1) is 11.6. The fraction of sp³-hybridized carbons (Fsp3) is 0.200. The Hall–Kier alpha value is -1.89. The number of anilines is 1. The van der Waals surface area contributed by atoms with Crippen LogP contribution < -0.4 is 5.73 Å². The van der Waals surface area contributed by atoms with Gasteiger partial charge >= 0.3 is 0 Å². The minimum atomic E-state index is -3.17. The van der Waals surface area contributed by atoms with Crippen molar-refractivity contribution in [2.45, 2.75) is 5.75 Å². The van der Waals surface area contributed by atoms with Crippen molar-refractivity contribution in [2.75, 3.05) is 12.0 Å². The molecule has 0 saturated heterocycles. The van der Waals surface area contributed by atoms with Crippen molar-refractivity contribution in [2.24, 2.45) is 0 Å². The van der Waals surface area contributed by atoms with E-state index in [0.29, 0.717) is 11.3 Å². The summed E-state index contributed by atoms with van der Waals surface area (Å²) in [6.45, 7) is 0. The second-order valence-corrected chi connectivity index (χ2v) is 5.81. The zero-order valence-electron chi connectivity index (χ0n) is 9.12. The predicted molar refractivity (Wildman–Crippen MR) is 62.7 cm³/mol. The van der Waals surface area contributed by atoms with Crippen LogP contribution in [0.4, 0.5) is 5.69 Å². The lowest BCUT2D eigenvalue weighted by Gasteiger charge is -1.97. The molecule has 0 bridgehead atoms. The van der Waals surface area contributed by atoms with Gasteiger partial charge in [-0.15, -0.1) is 0 Å². The van der Waals surface area contributed by atoms with E-state index in [-0.39, 0.29) is 17.5 Å². The fourth-order valence-electron chi connectivity index (χ4n) is 1.35. The number of sulfone groups is 1. The van der Waals surface area contributed by atoms with E-state index in [1.807, 2.05) is 0 Å². The molecule has 2 rings (SSSR count). The molecule has 0 spiro atoms. The molecular formula is C10H11N3O3S. The molecule has 0 atom stereocenters. The molecule has 1 aromatic heterocycles. The maximum atomic E-state index is 11.1. The Kier molecular flexibility index (Phi) is 2.84. The summed E-state index contributed by atoms with van der Waals surface area (Å²) in [4.78, 5) is 3.99. The van der Waals surface area contributed by atoms with Crippen LogP contribution in [-0.2, 0) is 15.6 Å². The number of nitrogens with two attached hydrogens (primary N) is 1. The van der Waals surface area contributed by atoms with Gasteiger partial charge in [0.15, 0.2) is 15.7 Å². The smallest absolute Gasteiger partial charge is 0.260 e. The molecule has 17 heavy (non-hydrogen) atoms. The number of aromatic nitrogens is 2. The normalized spacial score (nSPS) is 11.6. The maximum absolute atomic E-state index is 11.1. The van der Waals surface area contributed by atoms with Crippen LogP contribution >= 0.6 is 0 Å². The monoisotopic (exact) mass is 253 g/mol. The van der Waals surface area contributed by atoms with Gasteiger partial charge in [-0.2, -0.15) is 4.98 Å². The summed E-state index contributed by atoms with van der Waals surface area (Å²) in [7, 11) is -3.17. The molecule has 0 unspecified atom stereocenters. The van der Waals surface area contributed by atoms with Gasteiger partial charge in [0.05, 0.1) is 5.56 Å². The van der Waals surface area contributed by atoms with Gasteiger partial charge in [-0.3, -0.25) is 0 Å². The topological polar surface area (TPSA) is 99.1 Å². The van der Waals surface area contributed by atoms with Crippen LogP contribution in [0.3, 0.4) is 0 Å². The van der Waals surface area contributed by atoms with Crippen molar-refractivity contribution in [3.05, 3.63) is 30.1 Å². The van der Waals surface area contributed by atoms with Crippen molar-refractivity contribution in [3.8, 4) is 11.5 Å². The summed E-state index contributed by atoms with van der Waals surface area (Å²) in [5.41, 5.74) is 6.84. The Balaban J connectivity index is 2.34. The highest BCUT2D eigenvalue weighted by Crippen LogP contribution is 2.23. The van der Waals surface area contributed by atoms with E-state index in [0.717, 1.165) is 6.26 Å². The Morgan fingerprint density at radius 3 is 2.71 bits per heavy atom. The largest absolute Gasteiger partial charge is 0.398 e. The molecule has 1 heterocycles. The first-order valence-corrected chi connectivity index (χ1v) is 6.87. The molecule has 2 aromatic rings. The molecule has 0 aliphatic rings. The number of nitrogens with zero attached hydrogens (tertiary/aromatic N) is 2. The van der Waals surface area contributed by atoms with E-state index in [1.54, 1.807) is 24.3 Å². The average Bonchev–Trinajstić information content (AvgIpc) is 2.64. The van der Waals surface area contributed by atoms with E-state index in [4.69, 9.17) is 10.3 Å². The molecule has 0 aliphatic carbocycles. The van der Waals surface area contributed by atoms with Crippen LogP contribution in [-0.4, -0.2) is 24.8 Å². The summed E-state index contributed by atoms with van der Waals surface area (Å²) in [6, 6.07) is 7.00. The van der Waals surface area contributed by atoms with Gasteiger partial charge in [0.25, 0.3) is 5.89 Å². The first-order valence-electron chi connectivity index (χ1n) is 4.81. The lowest BCUT2D eigenvalue weighted by atomic mass is 10.2. The van der Waals surface area contributed by atoms with Crippen LogP contribution in [0.2, 0.25) is 0 Å². The lowest BCUT2D eigenvalue weighted by molar-refractivity contribution is 0.424. The first-order chi connectivity index (χ1) is 7.96. The average molecular weight is 253 g/mol. The van der Waals surface area contributed by atoms with Crippen LogP contribution in [0.25, 0.3) is 11.5 Å². The van der Waals surface area contributed by atoms with E-state index >= 15 is 0 Å². The van der Waals surface area contributed by atoms with Gasteiger partial charge < -0.3 is 10.3 Å². The number of nitrogen functional groups attached to an aromatic ring is 1. The SMILES string of the molecule is CS(=O)(=O)Cc1noc(-c2ccccc2N)n1. The molecule has 0 saturated carbocycles. The van der Waals surface area contributed by atoms with Gasteiger partial charge in [0.1, 0.15) is 5.75 Å². The third-order valence-corrected chi connectivity index (χ3v) is 2.83. The van der Waals surface area contributed by atoms with E-state index in [2.05, 4.69) is 10.1 Å². The molecule has 1 aromatic carbocycles. The fourth-order valence-corrected chi connectivity index (χ4v) is 1.93. The van der Waals surface area contributed by atoms with E-state index in [1.165, 1.54) is 0 Å². The summed E-state index contributed by atoms with van der Waals surface area (Å²) in [5.74, 6) is 0.107. The van der Waals surface area contributed by atoms with Crippen LogP contribution in [0, 0.1) is 0 Å². The standard InChI is InChI=1S/C10H11N3O3S/c1-17(14,15)6-9-12-10(16-13-9)7-4-2-3-5-8(7)11/h2-5H,6,11H2,1H3. The quantitative estimate of drug-likeness (QED) is 0.814. The van der Waals surface area contributed by atoms with Crippen molar-refractivity contribution < 1.29 is 12.9 Å². The highest BCUT2D eigenvalue weighted by molar-refractivity contribution is 7.89. The molecule has 0 aliphatic heterocycles. The van der Waals surface area contributed by atoms with Crippen molar-refractivity contribution in [1.82, 2.24) is 10.1 Å². The van der Waals surface area contributed by atoms with Crippen LogP contribution in [0.5, 0.6) is 0 Å². The summed E-state index contributed by atoms with van der Waals surface area (Å²) in [5, 5.41) is 3.60. The molecule has 0 fully saturated rings. The Morgan fingerprint density at radius 2 is 2.06 bits per heavy atom. The Labute approximate surface area is 98.4 Å². The van der Waals surface area contributed by atoms with Crippen molar-refractivity contribution in [3.63, 3.8) is 0 Å². The summed E-state index contributed by atoms with van der Waals surface area (Å²) >= 11 is 0. The minimum absolute atomic E-state index is 0.130. The second kappa shape index (κ2) is 4.17. The molecule has 2 N–H and O–H groups in total. The molecule has 90 valence electrons. The molecule has 7 heteroatoms. The Morgan fingerprint density at radius 1 is 1.35 bits per heavy atom. The summed E-state index contributed by atoms with van der Waals surface area (Å²) in [6.07, 6.45) is 1.11. The molecular weight excluding hydrogens is 242 g/mol. The lowest BCUT2D eigenvalue weighted by Crippen LogP contribution is -2.02. The molecule has 0 radical (unpaired) electrons. The Bertz CT molecular complexity index is 634. The number of hydrogen-bond acceptors (Lipinski definition) is 6. The minimum Gasteiger partial charge on any atom is -0.398 e. The predicted octanol–water partition coefficient (Wildman–Crippen LogP) is 0.863. The van der Waals surface area contributed by atoms with Gasteiger partial charge in [0.2, 0.25) is 0 Å². The second-order valence-electron chi connectivity index (χ2n) is 3.67. The third-order valence-electron chi connectivity index (χ3n) is 2.05. The highest BCUT2D eigenvalue weighted by Gasteiger charge is 2.14. The number of benzene rings is 1. The zero-order valence-corrected chi connectivity index (χ0v) is 9.94. The molecule has 0 amide bonds. The highest BCUT2D eigenvalue weighted by atomic mass is 32.2. The van der Waals surface area contributed by atoms with Crippen LogP contribution in [0.15, 0.2) is 28.8 Å². The van der Waals surface area contributed by atoms with Gasteiger partial charge in [0, 0.05) is 11.9 Å². The van der Waals surface area contributed by atoms with Gasteiger partial charge in [-0.05, 0) is 12.1 Å². The van der Waals surface area contributed by atoms with Gasteiger partial charge in [-0.25, -0.2) is 8.42 Å². The van der Waals surface area contributed by atoms with Gasteiger partial charge in [-0.1, -0.05) is 17.3 Å².